The number of rotatable bonds is 3. The summed E-state index contributed by atoms with van der Waals surface area (Å²) in [7, 11) is 0. The largest absolute Gasteiger partial charge is 0.447 e. The minimum Gasteiger partial charge on any atom is -0.447 e. The summed E-state index contributed by atoms with van der Waals surface area (Å²) in [6.45, 7) is 9.29. The van der Waals surface area contributed by atoms with Gasteiger partial charge in [-0.25, -0.2) is 4.79 Å². The summed E-state index contributed by atoms with van der Waals surface area (Å²) >= 11 is 0. The minimum atomic E-state index is -0.381. The number of alkyl carbamates (subject to hydrolysis) is 1. The monoisotopic (exact) mass is 158 g/mol. The Morgan fingerprint density at radius 2 is 1.91 bits per heavy atom. The van der Waals surface area contributed by atoms with Crippen LogP contribution in [0.4, 0.5) is 4.79 Å². The number of carbonyl (C=O) groups excluding carboxylic acids is 1. The van der Waals surface area contributed by atoms with E-state index in [9.17, 15) is 4.79 Å². The number of ether oxygens (including phenoxy) is 1. The SMILES string of the molecule is CC(C)[CH]NC(=O)OC(C)C. The average Bonchev–Trinajstić information content (AvgIpc) is 1.82. The molecule has 1 N–H and O–H groups in total. The molecule has 0 unspecified atom stereocenters. The summed E-state index contributed by atoms with van der Waals surface area (Å²) in [6.07, 6.45) is -0.440. The molecule has 0 bridgehead atoms. The first kappa shape index (κ1) is 10.3. The number of hydrogen-bond donors (Lipinski definition) is 1. The van der Waals surface area contributed by atoms with Crippen LogP contribution in [0.3, 0.4) is 0 Å². The predicted octanol–water partition coefficient (Wildman–Crippen LogP) is 1.94. The number of amides is 1. The fourth-order valence-electron chi connectivity index (χ4n) is 0.483. The second-order valence-corrected chi connectivity index (χ2v) is 3.01. The van der Waals surface area contributed by atoms with Crippen molar-refractivity contribution >= 4 is 6.09 Å². The van der Waals surface area contributed by atoms with Crippen LogP contribution in [0.5, 0.6) is 0 Å². The molecule has 0 aromatic carbocycles. The Balaban J connectivity index is 3.38. The fourth-order valence-corrected chi connectivity index (χ4v) is 0.483. The third-order valence-corrected chi connectivity index (χ3v) is 0.877. The second-order valence-electron chi connectivity index (χ2n) is 3.01. The molecule has 65 valence electrons. The van der Waals surface area contributed by atoms with E-state index >= 15 is 0 Å². The molecule has 0 aromatic rings. The maximum Gasteiger partial charge on any atom is 0.407 e. The fraction of sp³-hybridized carbons (Fsp3) is 0.750. The normalized spacial score (nSPS) is 10.4. The van der Waals surface area contributed by atoms with Crippen molar-refractivity contribution in [3.63, 3.8) is 0 Å². The van der Waals surface area contributed by atoms with Gasteiger partial charge in [0.25, 0.3) is 0 Å². The van der Waals surface area contributed by atoms with E-state index < -0.39 is 0 Å². The van der Waals surface area contributed by atoms with Crippen molar-refractivity contribution in [1.82, 2.24) is 5.32 Å². The first-order chi connectivity index (χ1) is 5.02. The van der Waals surface area contributed by atoms with Gasteiger partial charge in [0.15, 0.2) is 0 Å². The van der Waals surface area contributed by atoms with Crippen molar-refractivity contribution in [2.45, 2.75) is 33.8 Å². The Kier molecular flexibility index (Phi) is 4.66. The number of carbonyl (C=O) groups is 1. The predicted molar refractivity (Wildman–Crippen MR) is 43.9 cm³/mol. The molecule has 0 atom stereocenters. The molecule has 0 rings (SSSR count). The van der Waals surface area contributed by atoms with E-state index in [1.165, 1.54) is 0 Å². The summed E-state index contributed by atoms with van der Waals surface area (Å²) in [4.78, 5) is 10.8. The Hall–Kier alpha value is -0.730. The Morgan fingerprint density at radius 1 is 1.36 bits per heavy atom. The van der Waals surface area contributed by atoms with Crippen molar-refractivity contribution < 1.29 is 9.53 Å². The van der Waals surface area contributed by atoms with Gasteiger partial charge in [-0.1, -0.05) is 13.8 Å². The van der Waals surface area contributed by atoms with E-state index in [1.807, 2.05) is 27.7 Å². The number of nitrogens with one attached hydrogen (secondary N) is 1. The van der Waals surface area contributed by atoms with E-state index in [0.717, 1.165) is 0 Å². The summed E-state index contributed by atoms with van der Waals surface area (Å²) in [6, 6.07) is 0. The summed E-state index contributed by atoms with van der Waals surface area (Å²) < 4.78 is 4.82. The van der Waals surface area contributed by atoms with E-state index in [-0.39, 0.29) is 12.2 Å². The molecule has 3 heteroatoms. The molecule has 0 saturated heterocycles. The second kappa shape index (κ2) is 4.99. The smallest absolute Gasteiger partial charge is 0.407 e. The molecule has 3 nitrogen and oxygen atoms in total. The molecule has 0 spiro atoms. The van der Waals surface area contributed by atoms with Gasteiger partial charge in [-0.2, -0.15) is 0 Å². The van der Waals surface area contributed by atoms with Crippen LogP contribution >= 0.6 is 0 Å². The van der Waals surface area contributed by atoms with Crippen LogP contribution in [0.2, 0.25) is 0 Å². The zero-order valence-electron chi connectivity index (χ0n) is 7.55. The van der Waals surface area contributed by atoms with Crippen molar-refractivity contribution in [2.24, 2.45) is 5.92 Å². The molecule has 0 saturated carbocycles. The van der Waals surface area contributed by atoms with Crippen molar-refractivity contribution in [2.75, 3.05) is 0 Å². The van der Waals surface area contributed by atoms with Crippen molar-refractivity contribution in [3.8, 4) is 0 Å². The van der Waals surface area contributed by atoms with Gasteiger partial charge in [-0.15, -0.1) is 0 Å². The van der Waals surface area contributed by atoms with Gasteiger partial charge >= 0.3 is 6.09 Å². The first-order valence-corrected chi connectivity index (χ1v) is 3.83. The molecule has 0 fully saturated rings. The van der Waals surface area contributed by atoms with Crippen LogP contribution < -0.4 is 5.32 Å². The third kappa shape index (κ3) is 7.16. The summed E-state index contributed by atoms with van der Waals surface area (Å²) in [5, 5.41) is 2.53. The molecular formula is C8H16NO2. The third-order valence-electron chi connectivity index (χ3n) is 0.877. The van der Waals surface area contributed by atoms with Crippen molar-refractivity contribution in [3.05, 3.63) is 6.54 Å². The van der Waals surface area contributed by atoms with E-state index in [2.05, 4.69) is 5.32 Å². The van der Waals surface area contributed by atoms with Gasteiger partial charge in [0.05, 0.1) is 12.6 Å². The molecular weight excluding hydrogens is 142 g/mol. The maximum atomic E-state index is 10.8. The average molecular weight is 158 g/mol. The highest BCUT2D eigenvalue weighted by Gasteiger charge is 2.04. The molecule has 0 aliphatic heterocycles. The Labute approximate surface area is 68.1 Å². The van der Waals surface area contributed by atoms with Crippen molar-refractivity contribution in [1.29, 1.82) is 0 Å². The summed E-state index contributed by atoms with van der Waals surface area (Å²) in [5.41, 5.74) is 0. The van der Waals surface area contributed by atoms with Crippen LogP contribution in [-0.4, -0.2) is 12.2 Å². The van der Waals surface area contributed by atoms with Crippen LogP contribution in [-0.2, 0) is 4.74 Å². The topological polar surface area (TPSA) is 38.3 Å². The Bertz CT molecular complexity index is 121. The highest BCUT2D eigenvalue weighted by atomic mass is 16.6. The van der Waals surface area contributed by atoms with Gasteiger partial charge in [0.1, 0.15) is 0 Å². The van der Waals surface area contributed by atoms with E-state index in [0.29, 0.717) is 5.92 Å². The lowest BCUT2D eigenvalue weighted by Gasteiger charge is -2.09. The molecule has 0 aromatic heterocycles. The summed E-state index contributed by atoms with van der Waals surface area (Å²) in [5.74, 6) is 0.342. The standard InChI is InChI=1S/C8H16NO2/c1-6(2)5-9-8(10)11-7(3)4/h5-7H,1-4H3,(H,9,10). The van der Waals surface area contributed by atoms with Gasteiger partial charge in [0, 0.05) is 0 Å². The first-order valence-electron chi connectivity index (χ1n) is 3.83. The van der Waals surface area contributed by atoms with Crippen LogP contribution in [0.25, 0.3) is 0 Å². The van der Waals surface area contributed by atoms with Crippen LogP contribution in [0, 0.1) is 12.5 Å². The minimum absolute atomic E-state index is 0.0597. The molecule has 1 radical (unpaired) electrons. The van der Waals surface area contributed by atoms with Gasteiger partial charge in [-0.05, 0) is 19.8 Å². The van der Waals surface area contributed by atoms with Crippen LogP contribution in [0.1, 0.15) is 27.7 Å². The number of hydrogen-bond acceptors (Lipinski definition) is 2. The molecule has 0 aliphatic rings. The molecule has 0 heterocycles. The maximum absolute atomic E-state index is 10.8. The van der Waals surface area contributed by atoms with E-state index in [1.54, 1.807) is 6.54 Å². The zero-order chi connectivity index (χ0) is 8.85. The lowest BCUT2D eigenvalue weighted by atomic mass is 10.2. The lowest BCUT2D eigenvalue weighted by Crippen LogP contribution is -2.26. The van der Waals surface area contributed by atoms with Gasteiger partial charge < -0.3 is 10.1 Å². The zero-order valence-corrected chi connectivity index (χ0v) is 7.55. The van der Waals surface area contributed by atoms with E-state index in [4.69, 9.17) is 4.74 Å². The molecule has 11 heavy (non-hydrogen) atoms. The highest BCUT2D eigenvalue weighted by molar-refractivity contribution is 5.68. The molecule has 0 aliphatic carbocycles. The van der Waals surface area contributed by atoms with Crippen LogP contribution in [0.15, 0.2) is 0 Å². The lowest BCUT2D eigenvalue weighted by molar-refractivity contribution is 0.117. The Morgan fingerprint density at radius 3 is 2.27 bits per heavy atom. The van der Waals surface area contributed by atoms with Gasteiger partial charge in [-0.3, -0.25) is 0 Å². The van der Waals surface area contributed by atoms with Gasteiger partial charge in [0.2, 0.25) is 0 Å². The quantitative estimate of drug-likeness (QED) is 0.681. The molecule has 1 amide bonds. The highest BCUT2D eigenvalue weighted by Crippen LogP contribution is 1.95.